The quantitative estimate of drug-likeness (QED) is 0.895. The molecule has 1 unspecified atom stereocenters. The highest BCUT2D eigenvalue weighted by atomic mass is 15.0. The van der Waals surface area contributed by atoms with Crippen LogP contribution in [0.3, 0.4) is 0 Å². The van der Waals surface area contributed by atoms with Crippen molar-refractivity contribution in [3.05, 3.63) is 53.6 Å². The van der Waals surface area contributed by atoms with E-state index in [2.05, 4.69) is 54.6 Å². The predicted molar refractivity (Wildman–Crippen MR) is 79.1 cm³/mol. The third-order valence-electron chi connectivity index (χ3n) is 3.79. The fourth-order valence-electron chi connectivity index (χ4n) is 2.48. The van der Waals surface area contributed by atoms with Gasteiger partial charge in [-0.05, 0) is 24.0 Å². The van der Waals surface area contributed by atoms with E-state index in [9.17, 15) is 0 Å². The van der Waals surface area contributed by atoms with E-state index < -0.39 is 0 Å². The van der Waals surface area contributed by atoms with E-state index in [0.29, 0.717) is 18.4 Å². The molecule has 0 amide bonds. The zero-order valence-corrected chi connectivity index (χ0v) is 12.0. The minimum atomic E-state index is 0.367. The molecule has 1 heterocycles. The molecule has 3 heteroatoms. The van der Waals surface area contributed by atoms with E-state index in [1.54, 1.807) is 0 Å². The Morgan fingerprint density at radius 2 is 2.00 bits per heavy atom. The zero-order chi connectivity index (χ0) is 13.8. The van der Waals surface area contributed by atoms with Crippen LogP contribution < -0.4 is 5.73 Å². The second-order valence-corrected chi connectivity index (χ2v) is 5.46. The molecule has 1 aromatic carbocycles. The third kappa shape index (κ3) is 3.04. The Bertz CT molecular complexity index is 528. The number of hydrogen-bond donors (Lipinski definition) is 1. The van der Waals surface area contributed by atoms with E-state index in [-0.39, 0.29) is 0 Å². The van der Waals surface area contributed by atoms with Crippen LogP contribution in [0.2, 0.25) is 0 Å². The number of aromatic nitrogens is 2. The number of rotatable bonds is 5. The molecule has 0 fully saturated rings. The van der Waals surface area contributed by atoms with Crippen LogP contribution in [0.1, 0.15) is 36.6 Å². The summed E-state index contributed by atoms with van der Waals surface area (Å²) in [6.07, 6.45) is 3.86. The molecule has 0 saturated carbocycles. The van der Waals surface area contributed by atoms with Gasteiger partial charge in [0.15, 0.2) is 0 Å². The summed E-state index contributed by atoms with van der Waals surface area (Å²) in [5, 5.41) is 0. The number of nitrogens with two attached hydrogens (primary N) is 1. The molecular formula is C16H23N3. The SMILES string of the molecule is Cc1ccccc1Cn1cncc1C(CN)C(C)C. The van der Waals surface area contributed by atoms with Crippen LogP contribution in [-0.4, -0.2) is 16.1 Å². The summed E-state index contributed by atoms with van der Waals surface area (Å²) >= 11 is 0. The molecule has 19 heavy (non-hydrogen) atoms. The van der Waals surface area contributed by atoms with Gasteiger partial charge in [-0.1, -0.05) is 38.1 Å². The van der Waals surface area contributed by atoms with E-state index in [0.717, 1.165) is 6.54 Å². The van der Waals surface area contributed by atoms with Gasteiger partial charge in [-0.15, -0.1) is 0 Å². The maximum Gasteiger partial charge on any atom is 0.0951 e. The molecule has 0 aliphatic rings. The number of imidazole rings is 1. The Morgan fingerprint density at radius 3 is 2.63 bits per heavy atom. The van der Waals surface area contributed by atoms with Crippen molar-refractivity contribution in [2.45, 2.75) is 33.2 Å². The number of benzene rings is 1. The van der Waals surface area contributed by atoms with Gasteiger partial charge < -0.3 is 10.3 Å². The highest BCUT2D eigenvalue weighted by Gasteiger charge is 2.18. The maximum atomic E-state index is 5.92. The third-order valence-corrected chi connectivity index (χ3v) is 3.79. The van der Waals surface area contributed by atoms with Crippen LogP contribution in [0.5, 0.6) is 0 Å². The van der Waals surface area contributed by atoms with Gasteiger partial charge in [-0.25, -0.2) is 4.98 Å². The van der Waals surface area contributed by atoms with Crippen LogP contribution in [0.15, 0.2) is 36.8 Å². The van der Waals surface area contributed by atoms with Crippen molar-refractivity contribution < 1.29 is 0 Å². The molecule has 0 saturated heterocycles. The Labute approximate surface area is 115 Å². The second-order valence-electron chi connectivity index (χ2n) is 5.46. The minimum absolute atomic E-state index is 0.367. The lowest BCUT2D eigenvalue weighted by Crippen LogP contribution is -2.21. The summed E-state index contributed by atoms with van der Waals surface area (Å²) in [5.41, 5.74) is 9.80. The number of hydrogen-bond acceptors (Lipinski definition) is 2. The first-order valence-corrected chi connectivity index (χ1v) is 6.88. The van der Waals surface area contributed by atoms with Gasteiger partial charge in [0.25, 0.3) is 0 Å². The lowest BCUT2D eigenvalue weighted by molar-refractivity contribution is 0.478. The van der Waals surface area contributed by atoms with Gasteiger partial charge in [-0.2, -0.15) is 0 Å². The first-order chi connectivity index (χ1) is 9.13. The van der Waals surface area contributed by atoms with E-state index in [4.69, 9.17) is 5.73 Å². The first kappa shape index (κ1) is 13.8. The summed E-state index contributed by atoms with van der Waals surface area (Å²) in [7, 11) is 0. The first-order valence-electron chi connectivity index (χ1n) is 6.88. The Morgan fingerprint density at radius 1 is 1.26 bits per heavy atom. The van der Waals surface area contributed by atoms with Crippen LogP contribution in [0, 0.1) is 12.8 Å². The Kier molecular flexibility index (Phi) is 4.38. The van der Waals surface area contributed by atoms with Gasteiger partial charge >= 0.3 is 0 Å². The van der Waals surface area contributed by atoms with Crippen molar-refractivity contribution in [1.82, 2.24) is 9.55 Å². The van der Waals surface area contributed by atoms with Crippen LogP contribution in [0.4, 0.5) is 0 Å². The molecular weight excluding hydrogens is 234 g/mol. The van der Waals surface area contributed by atoms with Crippen LogP contribution in [0.25, 0.3) is 0 Å². The Hall–Kier alpha value is -1.61. The van der Waals surface area contributed by atoms with Crippen molar-refractivity contribution in [2.24, 2.45) is 11.7 Å². The monoisotopic (exact) mass is 257 g/mol. The normalized spacial score (nSPS) is 12.9. The molecule has 2 N–H and O–H groups in total. The predicted octanol–water partition coefficient (Wildman–Crippen LogP) is 2.94. The Balaban J connectivity index is 2.27. The molecule has 0 radical (unpaired) electrons. The molecule has 1 atom stereocenters. The largest absolute Gasteiger partial charge is 0.330 e. The lowest BCUT2D eigenvalue weighted by Gasteiger charge is -2.21. The van der Waals surface area contributed by atoms with Crippen LogP contribution in [-0.2, 0) is 6.54 Å². The van der Waals surface area contributed by atoms with Gasteiger partial charge in [0.1, 0.15) is 0 Å². The van der Waals surface area contributed by atoms with Crippen molar-refractivity contribution in [1.29, 1.82) is 0 Å². The highest BCUT2D eigenvalue weighted by Crippen LogP contribution is 2.24. The molecule has 2 aromatic rings. The number of nitrogens with zero attached hydrogens (tertiary/aromatic N) is 2. The fraction of sp³-hybridized carbons (Fsp3) is 0.438. The zero-order valence-electron chi connectivity index (χ0n) is 12.0. The molecule has 0 bridgehead atoms. The fourth-order valence-corrected chi connectivity index (χ4v) is 2.48. The van der Waals surface area contributed by atoms with E-state index in [1.165, 1.54) is 16.8 Å². The van der Waals surface area contributed by atoms with Crippen molar-refractivity contribution >= 4 is 0 Å². The number of aryl methyl sites for hydroxylation is 1. The minimum Gasteiger partial charge on any atom is -0.330 e. The summed E-state index contributed by atoms with van der Waals surface area (Å²) in [6.45, 7) is 8.10. The summed E-state index contributed by atoms with van der Waals surface area (Å²) in [6, 6.07) is 8.48. The highest BCUT2D eigenvalue weighted by molar-refractivity contribution is 5.26. The van der Waals surface area contributed by atoms with Crippen LogP contribution >= 0.6 is 0 Å². The maximum absolute atomic E-state index is 5.92. The van der Waals surface area contributed by atoms with Crippen molar-refractivity contribution in [3.63, 3.8) is 0 Å². The smallest absolute Gasteiger partial charge is 0.0951 e. The average Bonchev–Trinajstić information content (AvgIpc) is 2.81. The van der Waals surface area contributed by atoms with Crippen molar-refractivity contribution in [2.75, 3.05) is 6.54 Å². The summed E-state index contributed by atoms with van der Waals surface area (Å²) in [4.78, 5) is 4.31. The van der Waals surface area contributed by atoms with Crippen molar-refractivity contribution in [3.8, 4) is 0 Å². The molecule has 2 rings (SSSR count). The van der Waals surface area contributed by atoms with E-state index >= 15 is 0 Å². The summed E-state index contributed by atoms with van der Waals surface area (Å²) in [5.74, 6) is 0.892. The molecule has 0 aliphatic heterocycles. The standard InChI is InChI=1S/C16H23N3/c1-12(2)15(8-17)16-9-18-11-19(16)10-14-7-5-4-6-13(14)3/h4-7,9,11-12,15H,8,10,17H2,1-3H3. The average molecular weight is 257 g/mol. The second kappa shape index (κ2) is 6.02. The molecule has 102 valence electrons. The molecule has 0 spiro atoms. The lowest BCUT2D eigenvalue weighted by atomic mass is 9.93. The molecule has 3 nitrogen and oxygen atoms in total. The molecule has 0 aliphatic carbocycles. The van der Waals surface area contributed by atoms with Gasteiger partial charge in [0, 0.05) is 30.9 Å². The van der Waals surface area contributed by atoms with Gasteiger partial charge in [0.2, 0.25) is 0 Å². The summed E-state index contributed by atoms with van der Waals surface area (Å²) < 4.78 is 2.22. The topological polar surface area (TPSA) is 43.8 Å². The van der Waals surface area contributed by atoms with E-state index in [1.807, 2.05) is 12.5 Å². The van der Waals surface area contributed by atoms with Gasteiger partial charge in [0.05, 0.1) is 6.33 Å². The van der Waals surface area contributed by atoms with Gasteiger partial charge in [-0.3, -0.25) is 0 Å². The molecule has 1 aromatic heterocycles.